The van der Waals surface area contributed by atoms with Crippen LogP contribution in [0, 0.1) is 5.92 Å². The lowest BCUT2D eigenvalue weighted by Crippen LogP contribution is -2.35. The maximum atomic E-state index is 9.51. The summed E-state index contributed by atoms with van der Waals surface area (Å²) in [5.41, 5.74) is 0. The van der Waals surface area contributed by atoms with Gasteiger partial charge in [0, 0.05) is 19.6 Å². The number of aliphatic hydroxyl groups excluding tert-OH is 1. The fourth-order valence-electron chi connectivity index (χ4n) is 1.66. The van der Waals surface area contributed by atoms with Gasteiger partial charge in [-0.2, -0.15) is 0 Å². The summed E-state index contributed by atoms with van der Waals surface area (Å²) in [5, 5.41) is 9.51. The summed E-state index contributed by atoms with van der Waals surface area (Å²) in [6.45, 7) is 8.68. The molecule has 0 aromatic carbocycles. The molecule has 1 rings (SSSR count). The molecule has 1 heterocycles. The van der Waals surface area contributed by atoms with Crippen LogP contribution in [0.2, 0.25) is 0 Å². The Morgan fingerprint density at radius 3 is 3.08 bits per heavy atom. The Bertz CT molecular complexity index is 141. The van der Waals surface area contributed by atoms with Crippen molar-refractivity contribution in [2.45, 2.75) is 26.4 Å². The van der Waals surface area contributed by atoms with Crippen molar-refractivity contribution in [2.24, 2.45) is 5.92 Å². The minimum atomic E-state index is -0.176. The summed E-state index contributed by atoms with van der Waals surface area (Å²) in [6.07, 6.45) is 0.663. The molecule has 78 valence electrons. The topological polar surface area (TPSA) is 32.7 Å². The quantitative estimate of drug-likeness (QED) is 0.707. The number of nitrogens with zero attached hydrogens (tertiary/aromatic N) is 1. The molecule has 0 saturated carbocycles. The molecule has 0 aromatic rings. The highest BCUT2D eigenvalue weighted by atomic mass is 16.5. The van der Waals surface area contributed by atoms with Crippen LogP contribution in [-0.4, -0.2) is 49.0 Å². The molecule has 2 unspecified atom stereocenters. The van der Waals surface area contributed by atoms with Crippen molar-refractivity contribution in [3.05, 3.63) is 0 Å². The van der Waals surface area contributed by atoms with Crippen LogP contribution < -0.4 is 0 Å². The third-order valence-electron chi connectivity index (χ3n) is 2.46. The molecule has 1 fully saturated rings. The molecule has 0 amide bonds. The third-order valence-corrected chi connectivity index (χ3v) is 2.46. The van der Waals surface area contributed by atoms with Gasteiger partial charge in [-0.15, -0.1) is 0 Å². The summed E-state index contributed by atoms with van der Waals surface area (Å²) in [5.74, 6) is 0.589. The summed E-state index contributed by atoms with van der Waals surface area (Å²) >= 11 is 0. The Hall–Kier alpha value is -0.120. The first-order valence-electron chi connectivity index (χ1n) is 5.20. The minimum absolute atomic E-state index is 0.176. The SMILES string of the molecule is CCC(O)CN1CCOCC(C)C1. The van der Waals surface area contributed by atoms with Gasteiger partial charge in [-0.1, -0.05) is 13.8 Å². The summed E-state index contributed by atoms with van der Waals surface area (Å²) in [6, 6.07) is 0. The standard InChI is InChI=1S/C10H21NO2/c1-3-10(12)7-11-4-5-13-8-9(2)6-11/h9-10,12H,3-8H2,1-2H3. The van der Waals surface area contributed by atoms with E-state index in [2.05, 4.69) is 11.8 Å². The van der Waals surface area contributed by atoms with Crippen LogP contribution in [0.25, 0.3) is 0 Å². The third kappa shape index (κ3) is 4.07. The average Bonchev–Trinajstić information content (AvgIpc) is 2.30. The fourth-order valence-corrected chi connectivity index (χ4v) is 1.66. The number of β-amino-alcohol motifs (C(OH)–C–C–N with tert-alkyl or cyclic N) is 1. The van der Waals surface area contributed by atoms with Gasteiger partial charge >= 0.3 is 0 Å². The molecule has 1 aliphatic heterocycles. The number of aliphatic hydroxyl groups is 1. The molecule has 1 saturated heterocycles. The molecule has 13 heavy (non-hydrogen) atoms. The Balaban J connectivity index is 2.30. The van der Waals surface area contributed by atoms with Gasteiger partial charge in [-0.25, -0.2) is 0 Å². The number of rotatable bonds is 3. The zero-order valence-corrected chi connectivity index (χ0v) is 8.70. The van der Waals surface area contributed by atoms with Gasteiger partial charge in [0.05, 0.1) is 19.3 Å². The first-order chi connectivity index (χ1) is 6.22. The summed E-state index contributed by atoms with van der Waals surface area (Å²) < 4.78 is 5.43. The van der Waals surface area contributed by atoms with Crippen LogP contribution in [0.15, 0.2) is 0 Å². The molecule has 0 radical (unpaired) electrons. The predicted molar refractivity (Wildman–Crippen MR) is 52.7 cm³/mol. The van der Waals surface area contributed by atoms with Crippen molar-refractivity contribution < 1.29 is 9.84 Å². The highest BCUT2D eigenvalue weighted by Gasteiger charge is 2.16. The molecule has 0 spiro atoms. The van der Waals surface area contributed by atoms with Crippen molar-refractivity contribution in [1.82, 2.24) is 4.90 Å². The molecule has 3 nitrogen and oxygen atoms in total. The van der Waals surface area contributed by atoms with E-state index in [1.54, 1.807) is 0 Å². The Labute approximate surface area is 80.7 Å². The van der Waals surface area contributed by atoms with Crippen molar-refractivity contribution >= 4 is 0 Å². The van der Waals surface area contributed by atoms with Gasteiger partial charge in [0.25, 0.3) is 0 Å². The van der Waals surface area contributed by atoms with Gasteiger partial charge in [0.2, 0.25) is 0 Å². The fraction of sp³-hybridized carbons (Fsp3) is 1.00. The van der Waals surface area contributed by atoms with Gasteiger partial charge < -0.3 is 9.84 Å². The van der Waals surface area contributed by atoms with Crippen molar-refractivity contribution in [3.63, 3.8) is 0 Å². The Kier molecular flexibility index (Phi) is 4.70. The van der Waals surface area contributed by atoms with Crippen LogP contribution in [0.1, 0.15) is 20.3 Å². The normalized spacial score (nSPS) is 28.4. The maximum Gasteiger partial charge on any atom is 0.0664 e. The highest BCUT2D eigenvalue weighted by Crippen LogP contribution is 2.07. The van der Waals surface area contributed by atoms with Gasteiger partial charge in [-0.3, -0.25) is 4.90 Å². The summed E-state index contributed by atoms with van der Waals surface area (Å²) in [4.78, 5) is 2.30. The van der Waals surface area contributed by atoms with Gasteiger partial charge in [0.1, 0.15) is 0 Å². The second-order valence-corrected chi connectivity index (χ2v) is 4.00. The smallest absolute Gasteiger partial charge is 0.0664 e. The second kappa shape index (κ2) is 5.58. The Morgan fingerprint density at radius 2 is 2.38 bits per heavy atom. The predicted octanol–water partition coefficient (Wildman–Crippen LogP) is 0.726. The molecule has 1 N–H and O–H groups in total. The van der Waals surface area contributed by atoms with Crippen LogP contribution in [-0.2, 0) is 4.74 Å². The maximum absolute atomic E-state index is 9.51. The van der Waals surface area contributed by atoms with E-state index in [1.807, 2.05) is 6.92 Å². The van der Waals surface area contributed by atoms with E-state index in [9.17, 15) is 5.11 Å². The van der Waals surface area contributed by atoms with E-state index in [0.717, 1.165) is 39.3 Å². The zero-order chi connectivity index (χ0) is 9.68. The lowest BCUT2D eigenvalue weighted by atomic mass is 10.1. The van der Waals surface area contributed by atoms with Crippen molar-refractivity contribution in [2.75, 3.05) is 32.8 Å². The van der Waals surface area contributed by atoms with Crippen molar-refractivity contribution in [1.29, 1.82) is 0 Å². The first-order valence-corrected chi connectivity index (χ1v) is 5.20. The molecule has 2 atom stereocenters. The highest BCUT2D eigenvalue weighted by molar-refractivity contribution is 4.69. The lowest BCUT2D eigenvalue weighted by Gasteiger charge is -2.23. The van der Waals surface area contributed by atoms with Crippen LogP contribution in [0.5, 0.6) is 0 Å². The van der Waals surface area contributed by atoms with Crippen LogP contribution in [0.3, 0.4) is 0 Å². The molecular formula is C10H21NO2. The number of ether oxygens (including phenoxy) is 1. The van der Waals surface area contributed by atoms with Gasteiger partial charge in [0.15, 0.2) is 0 Å². The minimum Gasteiger partial charge on any atom is -0.392 e. The largest absolute Gasteiger partial charge is 0.392 e. The molecule has 0 aromatic heterocycles. The molecule has 3 heteroatoms. The van der Waals surface area contributed by atoms with Gasteiger partial charge in [-0.05, 0) is 12.3 Å². The van der Waals surface area contributed by atoms with E-state index >= 15 is 0 Å². The number of hydrogen-bond acceptors (Lipinski definition) is 3. The molecular weight excluding hydrogens is 166 g/mol. The van der Waals surface area contributed by atoms with E-state index < -0.39 is 0 Å². The van der Waals surface area contributed by atoms with E-state index in [0.29, 0.717) is 5.92 Å². The Morgan fingerprint density at radius 1 is 1.62 bits per heavy atom. The van der Waals surface area contributed by atoms with E-state index in [4.69, 9.17) is 4.74 Å². The second-order valence-electron chi connectivity index (χ2n) is 4.00. The average molecular weight is 187 g/mol. The molecule has 0 aliphatic carbocycles. The van der Waals surface area contributed by atoms with Crippen LogP contribution >= 0.6 is 0 Å². The monoisotopic (exact) mass is 187 g/mol. The van der Waals surface area contributed by atoms with E-state index in [-0.39, 0.29) is 6.10 Å². The zero-order valence-electron chi connectivity index (χ0n) is 8.70. The van der Waals surface area contributed by atoms with E-state index in [1.165, 1.54) is 0 Å². The first kappa shape index (κ1) is 11.0. The molecule has 0 bridgehead atoms. The molecule has 1 aliphatic rings. The van der Waals surface area contributed by atoms with Crippen molar-refractivity contribution in [3.8, 4) is 0 Å². The lowest BCUT2D eigenvalue weighted by molar-refractivity contribution is 0.101. The number of hydrogen-bond donors (Lipinski definition) is 1. The van der Waals surface area contributed by atoms with Crippen LogP contribution in [0.4, 0.5) is 0 Å². The summed E-state index contributed by atoms with van der Waals surface area (Å²) in [7, 11) is 0.